The van der Waals surface area contributed by atoms with Crippen molar-refractivity contribution in [2.45, 2.75) is 19.9 Å². The van der Waals surface area contributed by atoms with Gasteiger partial charge < -0.3 is 15.4 Å². The van der Waals surface area contributed by atoms with E-state index in [1.54, 1.807) is 7.11 Å². The number of aryl methyl sites for hydroxylation is 1. The lowest BCUT2D eigenvalue weighted by Gasteiger charge is -2.09. The second kappa shape index (κ2) is 8.08. The zero-order valence-corrected chi connectivity index (χ0v) is 13.1. The highest BCUT2D eigenvalue weighted by atomic mass is 16.5. The SMILES string of the molecule is COc1ccc(NCCC(=O)NCc2ccccc2C)cc1. The lowest BCUT2D eigenvalue weighted by molar-refractivity contribution is -0.121. The molecule has 0 unspecified atom stereocenters. The smallest absolute Gasteiger partial charge is 0.222 e. The Balaban J connectivity index is 1.70. The van der Waals surface area contributed by atoms with Crippen LogP contribution in [0.5, 0.6) is 5.75 Å². The Morgan fingerprint density at radius 1 is 1.09 bits per heavy atom. The first-order chi connectivity index (χ1) is 10.7. The zero-order valence-electron chi connectivity index (χ0n) is 13.1. The lowest BCUT2D eigenvalue weighted by Crippen LogP contribution is -2.25. The molecule has 2 aromatic carbocycles. The molecular weight excluding hydrogens is 276 g/mol. The van der Waals surface area contributed by atoms with Crippen LogP contribution in [0.25, 0.3) is 0 Å². The number of benzene rings is 2. The van der Waals surface area contributed by atoms with E-state index in [1.807, 2.05) is 55.5 Å². The number of carbonyl (C=O) groups excluding carboxylic acids is 1. The van der Waals surface area contributed by atoms with E-state index in [2.05, 4.69) is 10.6 Å². The van der Waals surface area contributed by atoms with Crippen molar-refractivity contribution in [2.24, 2.45) is 0 Å². The van der Waals surface area contributed by atoms with Crippen molar-refractivity contribution in [3.05, 3.63) is 59.7 Å². The van der Waals surface area contributed by atoms with Crippen molar-refractivity contribution in [1.82, 2.24) is 5.32 Å². The molecule has 116 valence electrons. The quantitative estimate of drug-likeness (QED) is 0.825. The van der Waals surface area contributed by atoms with E-state index in [-0.39, 0.29) is 5.91 Å². The van der Waals surface area contributed by atoms with Gasteiger partial charge in [-0.05, 0) is 42.3 Å². The molecule has 0 fully saturated rings. The highest BCUT2D eigenvalue weighted by Crippen LogP contribution is 2.14. The van der Waals surface area contributed by atoms with Gasteiger partial charge in [0.15, 0.2) is 0 Å². The van der Waals surface area contributed by atoms with E-state index in [4.69, 9.17) is 4.74 Å². The van der Waals surface area contributed by atoms with E-state index in [0.717, 1.165) is 17.0 Å². The number of hydrogen-bond donors (Lipinski definition) is 2. The molecule has 0 bridgehead atoms. The fourth-order valence-corrected chi connectivity index (χ4v) is 2.12. The van der Waals surface area contributed by atoms with Gasteiger partial charge in [-0.3, -0.25) is 4.79 Å². The molecular formula is C18H22N2O2. The average molecular weight is 298 g/mol. The molecule has 2 N–H and O–H groups in total. The van der Waals surface area contributed by atoms with E-state index in [0.29, 0.717) is 19.5 Å². The molecule has 0 aliphatic heterocycles. The number of anilines is 1. The Labute approximate surface area is 131 Å². The number of carbonyl (C=O) groups is 1. The van der Waals surface area contributed by atoms with Crippen LogP contribution >= 0.6 is 0 Å². The fourth-order valence-electron chi connectivity index (χ4n) is 2.12. The summed E-state index contributed by atoms with van der Waals surface area (Å²) in [6.45, 7) is 3.23. The van der Waals surface area contributed by atoms with Crippen LogP contribution in [0.4, 0.5) is 5.69 Å². The second-order valence-corrected chi connectivity index (χ2v) is 5.11. The predicted molar refractivity (Wildman–Crippen MR) is 89.1 cm³/mol. The minimum absolute atomic E-state index is 0.0456. The molecule has 22 heavy (non-hydrogen) atoms. The lowest BCUT2D eigenvalue weighted by atomic mass is 10.1. The van der Waals surface area contributed by atoms with Gasteiger partial charge in [-0.1, -0.05) is 24.3 Å². The number of hydrogen-bond acceptors (Lipinski definition) is 3. The summed E-state index contributed by atoms with van der Waals surface area (Å²) < 4.78 is 5.10. The molecule has 4 heteroatoms. The largest absolute Gasteiger partial charge is 0.497 e. The Morgan fingerprint density at radius 2 is 1.82 bits per heavy atom. The van der Waals surface area contributed by atoms with Crippen LogP contribution in [0.3, 0.4) is 0 Å². The molecule has 0 saturated heterocycles. The van der Waals surface area contributed by atoms with Gasteiger partial charge in [-0.15, -0.1) is 0 Å². The summed E-state index contributed by atoms with van der Waals surface area (Å²) in [5, 5.41) is 6.17. The summed E-state index contributed by atoms with van der Waals surface area (Å²) in [6, 6.07) is 15.7. The molecule has 0 atom stereocenters. The monoisotopic (exact) mass is 298 g/mol. The van der Waals surface area contributed by atoms with Gasteiger partial charge in [0.05, 0.1) is 7.11 Å². The van der Waals surface area contributed by atoms with Gasteiger partial charge in [0.1, 0.15) is 5.75 Å². The minimum Gasteiger partial charge on any atom is -0.497 e. The highest BCUT2D eigenvalue weighted by Gasteiger charge is 2.03. The van der Waals surface area contributed by atoms with Crippen molar-refractivity contribution in [1.29, 1.82) is 0 Å². The van der Waals surface area contributed by atoms with Crippen LogP contribution in [-0.2, 0) is 11.3 Å². The van der Waals surface area contributed by atoms with Crippen LogP contribution in [0.1, 0.15) is 17.5 Å². The fraction of sp³-hybridized carbons (Fsp3) is 0.278. The van der Waals surface area contributed by atoms with E-state index in [9.17, 15) is 4.79 Å². The van der Waals surface area contributed by atoms with Crippen LogP contribution in [0, 0.1) is 6.92 Å². The third-order valence-corrected chi connectivity index (χ3v) is 3.51. The molecule has 2 aromatic rings. The predicted octanol–water partition coefficient (Wildman–Crippen LogP) is 3.12. The van der Waals surface area contributed by atoms with Crippen molar-refractivity contribution in [2.75, 3.05) is 19.0 Å². The summed E-state index contributed by atoms with van der Waals surface area (Å²) in [4.78, 5) is 11.8. The molecule has 0 heterocycles. The van der Waals surface area contributed by atoms with Crippen LogP contribution in [-0.4, -0.2) is 19.6 Å². The topological polar surface area (TPSA) is 50.4 Å². The molecule has 0 aliphatic rings. The summed E-state index contributed by atoms with van der Waals surface area (Å²) in [6.07, 6.45) is 0.442. The number of methoxy groups -OCH3 is 1. The first kappa shape index (κ1) is 15.9. The summed E-state index contributed by atoms with van der Waals surface area (Å²) in [7, 11) is 1.64. The van der Waals surface area contributed by atoms with Crippen LogP contribution < -0.4 is 15.4 Å². The van der Waals surface area contributed by atoms with E-state index >= 15 is 0 Å². The Hall–Kier alpha value is -2.49. The van der Waals surface area contributed by atoms with Gasteiger partial charge in [-0.25, -0.2) is 0 Å². The van der Waals surface area contributed by atoms with Crippen molar-refractivity contribution >= 4 is 11.6 Å². The summed E-state index contributed by atoms with van der Waals surface area (Å²) >= 11 is 0. The number of amides is 1. The van der Waals surface area contributed by atoms with Gasteiger partial charge >= 0.3 is 0 Å². The van der Waals surface area contributed by atoms with Gasteiger partial charge in [0.25, 0.3) is 0 Å². The molecule has 0 saturated carbocycles. The average Bonchev–Trinajstić information content (AvgIpc) is 2.55. The van der Waals surface area contributed by atoms with Crippen molar-refractivity contribution < 1.29 is 9.53 Å². The molecule has 0 radical (unpaired) electrons. The number of ether oxygens (including phenoxy) is 1. The van der Waals surface area contributed by atoms with Gasteiger partial charge in [0, 0.05) is 25.2 Å². The Kier molecular flexibility index (Phi) is 5.83. The minimum atomic E-state index is 0.0456. The molecule has 0 aromatic heterocycles. The maximum absolute atomic E-state index is 11.8. The Morgan fingerprint density at radius 3 is 2.50 bits per heavy atom. The normalized spacial score (nSPS) is 10.1. The number of rotatable bonds is 7. The maximum atomic E-state index is 11.8. The molecule has 4 nitrogen and oxygen atoms in total. The standard InChI is InChI=1S/C18H22N2O2/c1-14-5-3-4-6-15(14)13-20-18(21)11-12-19-16-7-9-17(22-2)10-8-16/h3-10,19H,11-13H2,1-2H3,(H,20,21). The Bertz CT molecular complexity index is 609. The third-order valence-electron chi connectivity index (χ3n) is 3.51. The first-order valence-corrected chi connectivity index (χ1v) is 7.38. The second-order valence-electron chi connectivity index (χ2n) is 5.11. The van der Waals surface area contributed by atoms with Crippen molar-refractivity contribution in [3.63, 3.8) is 0 Å². The number of nitrogens with one attached hydrogen (secondary N) is 2. The van der Waals surface area contributed by atoms with Crippen molar-refractivity contribution in [3.8, 4) is 5.75 Å². The molecule has 0 aliphatic carbocycles. The maximum Gasteiger partial charge on any atom is 0.222 e. The van der Waals surface area contributed by atoms with Gasteiger partial charge in [-0.2, -0.15) is 0 Å². The molecule has 0 spiro atoms. The van der Waals surface area contributed by atoms with Crippen LogP contribution in [0.2, 0.25) is 0 Å². The molecule has 1 amide bonds. The highest BCUT2D eigenvalue weighted by molar-refractivity contribution is 5.76. The van der Waals surface area contributed by atoms with E-state index in [1.165, 1.54) is 5.56 Å². The summed E-state index contributed by atoms with van der Waals surface area (Å²) in [5.74, 6) is 0.866. The first-order valence-electron chi connectivity index (χ1n) is 7.38. The third kappa shape index (κ3) is 4.81. The summed E-state index contributed by atoms with van der Waals surface area (Å²) in [5.41, 5.74) is 3.32. The molecule has 2 rings (SSSR count). The zero-order chi connectivity index (χ0) is 15.8. The van der Waals surface area contributed by atoms with E-state index < -0.39 is 0 Å². The van der Waals surface area contributed by atoms with Gasteiger partial charge in [0.2, 0.25) is 5.91 Å². The van der Waals surface area contributed by atoms with Crippen LogP contribution in [0.15, 0.2) is 48.5 Å².